The van der Waals surface area contributed by atoms with Crippen LogP contribution in [-0.2, 0) is 20.0 Å². The quantitative estimate of drug-likeness (QED) is 0.408. The maximum atomic E-state index is 14.2. The fraction of sp³-hybridized carbons (Fsp3) is 0.222. The van der Waals surface area contributed by atoms with Crippen molar-refractivity contribution in [3.63, 3.8) is 0 Å². The zero-order valence-corrected chi connectivity index (χ0v) is 20.6. The maximum Gasteiger partial charge on any atom is 0.421 e. The molecule has 2 amide bonds. The van der Waals surface area contributed by atoms with Gasteiger partial charge >= 0.3 is 6.09 Å². The first-order chi connectivity index (χ1) is 16.2. The molecule has 0 N–H and O–H groups in total. The first kappa shape index (κ1) is 22.3. The molecule has 3 aromatic carbocycles. The fourth-order valence-electron chi connectivity index (χ4n) is 4.55. The highest BCUT2D eigenvalue weighted by Crippen LogP contribution is 2.55. The van der Waals surface area contributed by atoms with Gasteiger partial charge in [0.05, 0.1) is 17.3 Å². The Labute approximate surface area is 206 Å². The number of ether oxygens (including phenoxy) is 1. The third-order valence-electron chi connectivity index (χ3n) is 5.86. The molecule has 2 atom stereocenters. The van der Waals surface area contributed by atoms with E-state index in [1.807, 2.05) is 66.7 Å². The van der Waals surface area contributed by atoms with E-state index in [1.54, 1.807) is 32.9 Å². The van der Waals surface area contributed by atoms with Gasteiger partial charge in [0, 0.05) is 15.6 Å². The Hall–Kier alpha value is -3.45. The molecule has 172 valence electrons. The number of fused-ring (bicyclic) bond motifs is 2. The molecule has 0 saturated carbocycles. The van der Waals surface area contributed by atoms with E-state index in [0.29, 0.717) is 17.0 Å². The van der Waals surface area contributed by atoms with Crippen LogP contribution in [0.1, 0.15) is 43.4 Å². The number of nitrogens with zero attached hydrogens (tertiary/aromatic N) is 2. The number of rotatable bonds is 2. The molecule has 0 aromatic heterocycles. The average molecular weight is 519 g/mol. The Morgan fingerprint density at radius 3 is 2.44 bits per heavy atom. The van der Waals surface area contributed by atoms with Crippen molar-refractivity contribution in [3.05, 3.63) is 100 Å². The molecule has 2 heterocycles. The highest BCUT2D eigenvalue weighted by Gasteiger charge is 2.65. The number of halogens is 1. The van der Waals surface area contributed by atoms with Crippen molar-refractivity contribution in [1.82, 2.24) is 0 Å². The van der Waals surface area contributed by atoms with Gasteiger partial charge in [-0.1, -0.05) is 81.7 Å². The molecule has 0 bridgehead atoms. The molecule has 0 fully saturated rings. The molecule has 0 radical (unpaired) electrons. The highest BCUT2D eigenvalue weighted by atomic mass is 79.9. The van der Waals surface area contributed by atoms with Gasteiger partial charge < -0.3 is 9.57 Å². The van der Waals surface area contributed by atoms with Gasteiger partial charge in [0.25, 0.3) is 11.5 Å². The topological polar surface area (TPSA) is 68.2 Å². The minimum Gasteiger partial charge on any atom is -0.443 e. The molecule has 2 aliphatic heterocycles. The van der Waals surface area contributed by atoms with Crippen molar-refractivity contribution in [1.29, 1.82) is 0 Å². The van der Waals surface area contributed by atoms with Crippen LogP contribution in [0.25, 0.3) is 0 Å². The largest absolute Gasteiger partial charge is 0.443 e. The lowest BCUT2D eigenvalue weighted by Crippen LogP contribution is -2.48. The van der Waals surface area contributed by atoms with Crippen LogP contribution in [0.3, 0.4) is 0 Å². The molecule has 1 spiro atoms. The van der Waals surface area contributed by atoms with Crippen LogP contribution >= 0.6 is 15.9 Å². The lowest BCUT2D eigenvalue weighted by Gasteiger charge is -2.29. The van der Waals surface area contributed by atoms with E-state index in [-0.39, 0.29) is 0 Å². The number of hydrogen-bond donors (Lipinski definition) is 0. The second kappa shape index (κ2) is 8.09. The average Bonchev–Trinajstić information content (AvgIpc) is 3.31. The summed E-state index contributed by atoms with van der Waals surface area (Å²) < 4.78 is 6.47. The number of carbonyl (C=O) groups excluding carboxylic acids is 2. The summed E-state index contributed by atoms with van der Waals surface area (Å²) in [6.07, 6.45) is -0.742. The summed E-state index contributed by atoms with van der Waals surface area (Å²) in [6.45, 7) is 5.29. The first-order valence-corrected chi connectivity index (χ1v) is 11.8. The number of amides is 2. The molecular weight excluding hydrogens is 496 g/mol. The van der Waals surface area contributed by atoms with Crippen molar-refractivity contribution in [2.75, 3.05) is 4.90 Å². The molecule has 6 nitrogen and oxygen atoms in total. The van der Waals surface area contributed by atoms with Gasteiger partial charge in [0.2, 0.25) is 0 Å². The van der Waals surface area contributed by atoms with Crippen LogP contribution in [-0.4, -0.2) is 23.3 Å². The molecule has 2 aliphatic rings. The van der Waals surface area contributed by atoms with Crippen LogP contribution in [0.2, 0.25) is 0 Å². The zero-order valence-electron chi connectivity index (χ0n) is 19.0. The van der Waals surface area contributed by atoms with Crippen LogP contribution in [0.15, 0.2) is 88.5 Å². The van der Waals surface area contributed by atoms with Gasteiger partial charge in [0.15, 0.2) is 0 Å². The standard InChI is InChI=1S/C27H23BrN2O4/c1-26(2,3)33-25(32)30-21-15-8-7-14-20(21)27(24(30)31)22(17-10-5-4-6-11-17)23(29-34-27)18-12-9-13-19(28)16-18/h4-16,22H,1-3H3. The van der Waals surface area contributed by atoms with Gasteiger partial charge in [-0.15, -0.1) is 0 Å². The van der Waals surface area contributed by atoms with Crippen LogP contribution < -0.4 is 4.90 Å². The van der Waals surface area contributed by atoms with Gasteiger partial charge in [0.1, 0.15) is 5.60 Å². The normalized spacial score (nSPS) is 21.3. The van der Waals surface area contributed by atoms with Crippen LogP contribution in [0.5, 0.6) is 0 Å². The lowest BCUT2D eigenvalue weighted by molar-refractivity contribution is -0.141. The Bertz CT molecular complexity index is 1320. The number of imide groups is 1. The molecule has 0 saturated heterocycles. The summed E-state index contributed by atoms with van der Waals surface area (Å²) in [4.78, 5) is 34.5. The summed E-state index contributed by atoms with van der Waals surface area (Å²) >= 11 is 3.52. The van der Waals surface area contributed by atoms with Crippen LogP contribution in [0.4, 0.5) is 10.5 Å². The molecule has 7 heteroatoms. The SMILES string of the molecule is CC(C)(C)OC(=O)N1C(=O)C2(ON=C(c3cccc(Br)c3)C2c2ccccc2)c2ccccc21. The van der Waals surface area contributed by atoms with E-state index in [9.17, 15) is 9.59 Å². The number of oxime groups is 1. The predicted octanol–water partition coefficient (Wildman–Crippen LogP) is 6.14. The van der Waals surface area contributed by atoms with Crippen LogP contribution in [0, 0.1) is 0 Å². The van der Waals surface area contributed by atoms with Crippen molar-refractivity contribution in [3.8, 4) is 0 Å². The maximum absolute atomic E-state index is 14.2. The fourth-order valence-corrected chi connectivity index (χ4v) is 4.95. The molecular formula is C27H23BrN2O4. The van der Waals surface area contributed by atoms with Crippen molar-refractivity contribution < 1.29 is 19.2 Å². The third kappa shape index (κ3) is 3.51. The Morgan fingerprint density at radius 2 is 1.74 bits per heavy atom. The summed E-state index contributed by atoms with van der Waals surface area (Å²) in [5.41, 5.74) is 1.000. The summed E-state index contributed by atoms with van der Waals surface area (Å²) in [5, 5.41) is 4.45. The van der Waals surface area contributed by atoms with E-state index in [2.05, 4.69) is 21.1 Å². The molecule has 5 rings (SSSR count). The first-order valence-electron chi connectivity index (χ1n) is 11.0. The van der Waals surface area contributed by atoms with E-state index in [4.69, 9.17) is 9.57 Å². The Morgan fingerprint density at radius 1 is 1.03 bits per heavy atom. The van der Waals surface area contributed by atoms with Gasteiger partial charge in [-0.3, -0.25) is 4.79 Å². The summed E-state index contributed by atoms with van der Waals surface area (Å²) in [5.74, 6) is -1.10. The zero-order chi connectivity index (χ0) is 24.1. The number of anilines is 1. The summed E-state index contributed by atoms with van der Waals surface area (Å²) in [6, 6.07) is 24.5. The van der Waals surface area contributed by atoms with Gasteiger partial charge in [-0.05, 0) is 44.5 Å². The van der Waals surface area contributed by atoms with Crippen molar-refractivity contribution in [2.45, 2.75) is 37.9 Å². The van der Waals surface area contributed by atoms with Gasteiger partial charge in [-0.25, -0.2) is 9.69 Å². The molecule has 2 unspecified atom stereocenters. The van der Waals surface area contributed by atoms with Crippen molar-refractivity contribution >= 4 is 39.3 Å². The number of para-hydroxylation sites is 1. The Balaban J connectivity index is 1.70. The van der Waals surface area contributed by atoms with E-state index in [0.717, 1.165) is 20.5 Å². The third-order valence-corrected chi connectivity index (χ3v) is 6.36. The highest BCUT2D eigenvalue weighted by molar-refractivity contribution is 9.10. The lowest BCUT2D eigenvalue weighted by atomic mass is 9.74. The minimum atomic E-state index is -1.54. The number of hydrogen-bond acceptors (Lipinski definition) is 5. The Kier molecular flexibility index (Phi) is 5.32. The van der Waals surface area contributed by atoms with Crippen molar-refractivity contribution in [2.24, 2.45) is 5.16 Å². The predicted molar refractivity (Wildman–Crippen MR) is 133 cm³/mol. The van der Waals surface area contributed by atoms with Gasteiger partial charge in [-0.2, -0.15) is 0 Å². The van der Waals surface area contributed by atoms with E-state index in [1.165, 1.54) is 0 Å². The van der Waals surface area contributed by atoms with E-state index < -0.39 is 29.1 Å². The number of carbonyl (C=O) groups is 2. The molecule has 3 aromatic rings. The smallest absolute Gasteiger partial charge is 0.421 e. The second-order valence-corrected chi connectivity index (χ2v) is 10.2. The molecule has 34 heavy (non-hydrogen) atoms. The van der Waals surface area contributed by atoms with E-state index >= 15 is 0 Å². The molecule has 0 aliphatic carbocycles. The summed E-state index contributed by atoms with van der Waals surface area (Å²) in [7, 11) is 0. The minimum absolute atomic E-state index is 0.438. The monoisotopic (exact) mass is 518 g/mol. The number of benzene rings is 3. The second-order valence-electron chi connectivity index (χ2n) is 9.30.